The van der Waals surface area contributed by atoms with Crippen LogP contribution >= 0.6 is 0 Å². The smallest absolute Gasteiger partial charge is 0.305 e. The highest BCUT2D eigenvalue weighted by Gasteiger charge is 2.24. The molecular weight excluding hydrogens is 636 g/mol. The fourth-order valence-corrected chi connectivity index (χ4v) is 7.25. The Morgan fingerprint density at radius 2 is 1.04 bits per heavy atom. The summed E-state index contributed by atoms with van der Waals surface area (Å²) in [6, 6.07) is 0.743. The molecule has 0 atom stereocenters. The number of aliphatic hydroxyl groups is 1. The summed E-state index contributed by atoms with van der Waals surface area (Å²) in [6.45, 7) is 15.0. The predicted octanol–water partition coefficient (Wildman–Crippen LogP) is 10.9. The molecule has 51 heavy (non-hydrogen) atoms. The van der Waals surface area contributed by atoms with E-state index in [1.165, 1.54) is 116 Å². The molecule has 7 nitrogen and oxygen atoms in total. The number of carbonyl (C=O) groups is 2. The van der Waals surface area contributed by atoms with E-state index in [1.807, 2.05) is 0 Å². The van der Waals surface area contributed by atoms with Crippen LogP contribution in [0.3, 0.4) is 0 Å². The topological polar surface area (TPSA) is 79.3 Å². The molecule has 0 bridgehead atoms. The average Bonchev–Trinajstić information content (AvgIpc) is 3.09. The molecule has 1 fully saturated rings. The van der Waals surface area contributed by atoms with Crippen molar-refractivity contribution in [3.05, 3.63) is 0 Å². The van der Waals surface area contributed by atoms with E-state index < -0.39 is 0 Å². The predicted molar refractivity (Wildman–Crippen MR) is 215 cm³/mol. The van der Waals surface area contributed by atoms with E-state index in [0.29, 0.717) is 37.9 Å². The number of hydrogen-bond acceptors (Lipinski definition) is 7. The second kappa shape index (κ2) is 34.6. The molecule has 1 saturated carbocycles. The Labute approximate surface area is 316 Å². The lowest BCUT2D eigenvalue weighted by Gasteiger charge is -2.38. The average molecular weight is 723 g/mol. The SMILES string of the molecule is CCCCCCCCC(CCCCCCCC)COC(=O)CCCCCN(CCO)CCCCN(CCCCCC(=O)OCC(C)C)C1CCC1. The second-order valence-corrected chi connectivity index (χ2v) is 16.3. The van der Waals surface area contributed by atoms with Gasteiger partial charge in [0.2, 0.25) is 0 Å². The van der Waals surface area contributed by atoms with Gasteiger partial charge in [-0.1, -0.05) is 124 Å². The molecule has 0 heterocycles. The van der Waals surface area contributed by atoms with E-state index in [-0.39, 0.29) is 18.5 Å². The highest BCUT2D eigenvalue weighted by Crippen LogP contribution is 2.26. The van der Waals surface area contributed by atoms with Crippen LogP contribution in [0.15, 0.2) is 0 Å². The van der Waals surface area contributed by atoms with Gasteiger partial charge < -0.3 is 24.4 Å². The second-order valence-electron chi connectivity index (χ2n) is 16.3. The molecule has 1 rings (SSSR count). The fourth-order valence-electron chi connectivity index (χ4n) is 7.25. The minimum absolute atomic E-state index is 0.0155. The van der Waals surface area contributed by atoms with Gasteiger partial charge in [0.05, 0.1) is 19.8 Å². The monoisotopic (exact) mass is 723 g/mol. The maximum absolute atomic E-state index is 12.6. The number of rotatable bonds is 38. The summed E-state index contributed by atoms with van der Waals surface area (Å²) in [6.07, 6.45) is 31.8. The van der Waals surface area contributed by atoms with Gasteiger partial charge in [-0.3, -0.25) is 9.59 Å². The molecule has 0 radical (unpaired) electrons. The number of nitrogens with zero attached hydrogens (tertiary/aromatic N) is 2. The van der Waals surface area contributed by atoms with E-state index in [1.54, 1.807) is 0 Å². The molecule has 1 aliphatic carbocycles. The molecule has 302 valence electrons. The van der Waals surface area contributed by atoms with E-state index in [9.17, 15) is 14.7 Å². The first-order valence-corrected chi connectivity index (χ1v) is 22.3. The van der Waals surface area contributed by atoms with Gasteiger partial charge in [0.25, 0.3) is 0 Å². The van der Waals surface area contributed by atoms with Crippen molar-refractivity contribution in [2.75, 3.05) is 52.5 Å². The summed E-state index contributed by atoms with van der Waals surface area (Å²) < 4.78 is 11.1. The van der Waals surface area contributed by atoms with Crippen LogP contribution < -0.4 is 0 Å². The summed E-state index contributed by atoms with van der Waals surface area (Å²) >= 11 is 0. The van der Waals surface area contributed by atoms with Crippen LogP contribution in [0, 0.1) is 11.8 Å². The van der Waals surface area contributed by atoms with Crippen LogP contribution in [-0.4, -0.2) is 85.4 Å². The number of hydrogen-bond donors (Lipinski definition) is 1. The van der Waals surface area contributed by atoms with Crippen LogP contribution in [-0.2, 0) is 19.1 Å². The summed E-state index contributed by atoms with van der Waals surface area (Å²) in [5.74, 6) is 0.852. The normalized spacial score (nSPS) is 13.5. The van der Waals surface area contributed by atoms with Crippen LogP contribution in [0.5, 0.6) is 0 Å². The molecule has 1 aliphatic rings. The van der Waals surface area contributed by atoms with Gasteiger partial charge in [0.1, 0.15) is 0 Å². The number of unbranched alkanes of at least 4 members (excludes halogenated alkanes) is 15. The van der Waals surface area contributed by atoms with E-state index >= 15 is 0 Å². The van der Waals surface area contributed by atoms with Crippen LogP contribution in [0.25, 0.3) is 0 Å². The van der Waals surface area contributed by atoms with Crippen molar-refractivity contribution in [1.82, 2.24) is 9.80 Å². The van der Waals surface area contributed by atoms with Crippen molar-refractivity contribution in [3.63, 3.8) is 0 Å². The Morgan fingerprint density at radius 1 is 0.588 bits per heavy atom. The van der Waals surface area contributed by atoms with Gasteiger partial charge >= 0.3 is 11.9 Å². The van der Waals surface area contributed by atoms with Crippen LogP contribution in [0.4, 0.5) is 0 Å². The summed E-state index contributed by atoms with van der Waals surface area (Å²) in [7, 11) is 0. The van der Waals surface area contributed by atoms with E-state index in [4.69, 9.17) is 9.47 Å². The summed E-state index contributed by atoms with van der Waals surface area (Å²) in [5.41, 5.74) is 0. The first-order valence-electron chi connectivity index (χ1n) is 22.3. The van der Waals surface area contributed by atoms with Gasteiger partial charge in [-0.15, -0.1) is 0 Å². The lowest BCUT2D eigenvalue weighted by molar-refractivity contribution is -0.146. The number of aliphatic hydroxyl groups excluding tert-OH is 1. The first-order chi connectivity index (χ1) is 24.9. The maximum Gasteiger partial charge on any atom is 0.305 e. The van der Waals surface area contributed by atoms with Crippen molar-refractivity contribution >= 4 is 11.9 Å². The number of ether oxygens (including phenoxy) is 2. The zero-order valence-corrected chi connectivity index (χ0v) is 34.5. The summed E-state index contributed by atoms with van der Waals surface area (Å²) in [5, 5.41) is 9.67. The largest absolute Gasteiger partial charge is 0.465 e. The molecule has 0 unspecified atom stereocenters. The third-order valence-corrected chi connectivity index (χ3v) is 10.8. The zero-order valence-electron chi connectivity index (χ0n) is 34.5. The molecule has 7 heteroatoms. The van der Waals surface area contributed by atoms with Crippen molar-refractivity contribution < 1.29 is 24.2 Å². The molecule has 0 amide bonds. The lowest BCUT2D eigenvalue weighted by atomic mass is 9.91. The van der Waals surface area contributed by atoms with Gasteiger partial charge in [-0.2, -0.15) is 0 Å². The van der Waals surface area contributed by atoms with Crippen molar-refractivity contribution in [2.24, 2.45) is 11.8 Å². The molecule has 0 aromatic heterocycles. The van der Waals surface area contributed by atoms with Gasteiger partial charge in [-0.25, -0.2) is 0 Å². The minimum atomic E-state index is -0.0501. The van der Waals surface area contributed by atoms with Crippen molar-refractivity contribution in [3.8, 4) is 0 Å². The molecule has 0 aromatic carbocycles. The van der Waals surface area contributed by atoms with Crippen LogP contribution in [0.2, 0.25) is 0 Å². The molecule has 0 spiro atoms. The molecule has 0 aliphatic heterocycles. The fraction of sp³-hybridized carbons (Fsp3) is 0.955. The molecule has 1 N–H and O–H groups in total. The maximum atomic E-state index is 12.6. The number of esters is 2. The molecule has 0 aromatic rings. The van der Waals surface area contributed by atoms with E-state index in [2.05, 4.69) is 37.5 Å². The Kier molecular flexibility index (Phi) is 32.4. The van der Waals surface area contributed by atoms with Gasteiger partial charge in [0.15, 0.2) is 0 Å². The highest BCUT2D eigenvalue weighted by molar-refractivity contribution is 5.69. The minimum Gasteiger partial charge on any atom is -0.465 e. The summed E-state index contributed by atoms with van der Waals surface area (Å²) in [4.78, 5) is 29.6. The molecule has 0 saturated heterocycles. The number of carbonyl (C=O) groups excluding carboxylic acids is 2. The molecular formula is C44H86N2O5. The lowest BCUT2D eigenvalue weighted by Crippen LogP contribution is -2.41. The van der Waals surface area contributed by atoms with Gasteiger partial charge in [-0.05, 0) is 102 Å². The van der Waals surface area contributed by atoms with Crippen molar-refractivity contribution in [1.29, 1.82) is 0 Å². The third-order valence-electron chi connectivity index (χ3n) is 10.8. The quantitative estimate of drug-likeness (QED) is 0.0502. The highest BCUT2D eigenvalue weighted by atomic mass is 16.5. The van der Waals surface area contributed by atoms with Gasteiger partial charge in [0, 0.05) is 25.4 Å². The zero-order chi connectivity index (χ0) is 37.2. The third kappa shape index (κ3) is 28.9. The Hall–Kier alpha value is -1.18. The Bertz CT molecular complexity index is 773. The first kappa shape index (κ1) is 47.8. The van der Waals surface area contributed by atoms with Crippen molar-refractivity contribution in [2.45, 2.75) is 207 Å². The Morgan fingerprint density at radius 3 is 1.53 bits per heavy atom. The standard InChI is InChI=1S/C44H86N2O5/c1-5-7-9-11-13-17-26-41(27-18-14-12-10-8-6-2)39-51-44(49)31-19-15-21-32-45(36-37-47)33-23-24-35-46(42-28-25-29-42)34-22-16-20-30-43(48)50-38-40(3)4/h40-42,47H,5-39H2,1-4H3. The Balaban J connectivity index is 2.25. The van der Waals surface area contributed by atoms with E-state index in [0.717, 1.165) is 83.7 Å². The van der Waals surface area contributed by atoms with Crippen LogP contribution in [0.1, 0.15) is 201 Å².